The molecule has 2 aromatic rings. The van der Waals surface area contributed by atoms with Crippen LogP contribution in [0.4, 0.5) is 0 Å². The van der Waals surface area contributed by atoms with Crippen LogP contribution in [-0.4, -0.2) is 38.1 Å². The Morgan fingerprint density at radius 1 is 1.17 bits per heavy atom. The monoisotopic (exact) mass is 323 g/mol. The van der Waals surface area contributed by atoms with E-state index < -0.39 is 0 Å². The van der Waals surface area contributed by atoms with E-state index in [9.17, 15) is 0 Å². The molecule has 4 nitrogen and oxygen atoms in total. The van der Waals surface area contributed by atoms with Crippen LogP contribution in [0.25, 0.3) is 0 Å². The highest BCUT2D eigenvalue weighted by atomic mass is 16.5. The normalized spacial score (nSPS) is 17.8. The van der Waals surface area contributed by atoms with Crippen LogP contribution in [0.3, 0.4) is 0 Å². The van der Waals surface area contributed by atoms with Crippen LogP contribution in [0.2, 0.25) is 0 Å². The average molecular weight is 323 g/mol. The number of rotatable bonds is 4. The molecule has 1 fully saturated rings. The van der Waals surface area contributed by atoms with Crippen molar-refractivity contribution < 1.29 is 4.74 Å². The molecular formula is C20H25N3O. The summed E-state index contributed by atoms with van der Waals surface area (Å²) in [4.78, 5) is 6.80. The maximum absolute atomic E-state index is 5.42. The molecule has 0 aliphatic carbocycles. The zero-order valence-corrected chi connectivity index (χ0v) is 14.4. The standard InChI is InChI=1S/C20H25N3O/c1-21-20(22-14-17-10-6-7-11-19(17)24-2)23-13-12-18(15-23)16-8-4-3-5-9-16/h3-11,18H,12-15H2,1-2H3,(H,21,22). The molecule has 0 amide bonds. The Labute approximate surface area is 144 Å². The molecule has 1 unspecified atom stereocenters. The molecule has 1 saturated heterocycles. The largest absolute Gasteiger partial charge is 0.496 e. The Morgan fingerprint density at radius 3 is 2.67 bits per heavy atom. The molecule has 1 atom stereocenters. The molecule has 1 aliphatic heterocycles. The summed E-state index contributed by atoms with van der Waals surface area (Å²) in [5.41, 5.74) is 2.56. The SMILES string of the molecule is CN=C(NCc1ccccc1OC)N1CCC(c2ccccc2)C1. The third-order valence-corrected chi connectivity index (χ3v) is 4.60. The van der Waals surface area contributed by atoms with Crippen molar-refractivity contribution in [2.24, 2.45) is 4.99 Å². The first-order chi connectivity index (χ1) is 11.8. The van der Waals surface area contributed by atoms with Gasteiger partial charge in [0.15, 0.2) is 5.96 Å². The van der Waals surface area contributed by atoms with Crippen molar-refractivity contribution >= 4 is 5.96 Å². The molecule has 0 radical (unpaired) electrons. The number of likely N-dealkylation sites (tertiary alicyclic amines) is 1. The van der Waals surface area contributed by atoms with Crippen molar-refractivity contribution in [2.75, 3.05) is 27.2 Å². The van der Waals surface area contributed by atoms with Crippen LogP contribution in [0.15, 0.2) is 59.6 Å². The van der Waals surface area contributed by atoms with Gasteiger partial charge in [-0.05, 0) is 18.1 Å². The Hall–Kier alpha value is -2.49. The quantitative estimate of drug-likeness (QED) is 0.693. The van der Waals surface area contributed by atoms with Crippen LogP contribution >= 0.6 is 0 Å². The number of nitrogens with zero attached hydrogens (tertiary/aromatic N) is 2. The van der Waals surface area contributed by atoms with Crippen LogP contribution < -0.4 is 10.1 Å². The molecule has 2 aromatic carbocycles. The van der Waals surface area contributed by atoms with Gasteiger partial charge in [0, 0.05) is 38.2 Å². The lowest BCUT2D eigenvalue weighted by molar-refractivity contribution is 0.408. The summed E-state index contributed by atoms with van der Waals surface area (Å²) < 4.78 is 5.42. The van der Waals surface area contributed by atoms with Crippen molar-refractivity contribution in [3.05, 3.63) is 65.7 Å². The van der Waals surface area contributed by atoms with Crippen LogP contribution in [0.5, 0.6) is 5.75 Å². The number of methoxy groups -OCH3 is 1. The third-order valence-electron chi connectivity index (χ3n) is 4.60. The highest BCUT2D eigenvalue weighted by molar-refractivity contribution is 5.80. The van der Waals surface area contributed by atoms with Crippen molar-refractivity contribution in [2.45, 2.75) is 18.9 Å². The number of guanidine groups is 1. The van der Waals surface area contributed by atoms with Gasteiger partial charge in [0.2, 0.25) is 0 Å². The molecule has 126 valence electrons. The van der Waals surface area contributed by atoms with E-state index in [2.05, 4.69) is 51.6 Å². The van der Waals surface area contributed by atoms with Gasteiger partial charge < -0.3 is 15.0 Å². The lowest BCUT2D eigenvalue weighted by Gasteiger charge is -2.22. The van der Waals surface area contributed by atoms with E-state index in [4.69, 9.17) is 4.74 Å². The molecule has 24 heavy (non-hydrogen) atoms. The van der Waals surface area contributed by atoms with E-state index in [1.54, 1.807) is 7.11 Å². The highest BCUT2D eigenvalue weighted by Gasteiger charge is 2.25. The summed E-state index contributed by atoms with van der Waals surface area (Å²) in [5, 5.41) is 3.47. The van der Waals surface area contributed by atoms with Gasteiger partial charge in [-0.2, -0.15) is 0 Å². The zero-order chi connectivity index (χ0) is 16.8. The highest BCUT2D eigenvalue weighted by Crippen LogP contribution is 2.27. The predicted molar refractivity (Wildman–Crippen MR) is 98.6 cm³/mol. The molecule has 0 aromatic heterocycles. The number of benzene rings is 2. The molecule has 4 heteroatoms. The maximum atomic E-state index is 5.42. The van der Waals surface area contributed by atoms with Crippen molar-refractivity contribution in [3.63, 3.8) is 0 Å². The fraction of sp³-hybridized carbons (Fsp3) is 0.350. The minimum absolute atomic E-state index is 0.580. The first-order valence-corrected chi connectivity index (χ1v) is 8.44. The van der Waals surface area contributed by atoms with Gasteiger partial charge in [-0.1, -0.05) is 48.5 Å². The van der Waals surface area contributed by atoms with E-state index in [-0.39, 0.29) is 0 Å². The average Bonchev–Trinajstić information content (AvgIpc) is 3.13. The minimum atomic E-state index is 0.580. The maximum Gasteiger partial charge on any atom is 0.193 e. The van der Waals surface area contributed by atoms with Gasteiger partial charge in [-0.25, -0.2) is 0 Å². The topological polar surface area (TPSA) is 36.9 Å². The lowest BCUT2D eigenvalue weighted by atomic mass is 9.99. The fourth-order valence-corrected chi connectivity index (χ4v) is 3.31. The second-order valence-electron chi connectivity index (χ2n) is 6.05. The number of aliphatic imine (C=N–C) groups is 1. The number of para-hydroxylation sites is 1. The van der Waals surface area contributed by atoms with Gasteiger partial charge in [-0.3, -0.25) is 4.99 Å². The first kappa shape index (κ1) is 16.4. The third kappa shape index (κ3) is 3.70. The van der Waals surface area contributed by atoms with Gasteiger partial charge in [-0.15, -0.1) is 0 Å². The molecule has 0 bridgehead atoms. The predicted octanol–water partition coefficient (Wildman–Crippen LogP) is 3.26. The van der Waals surface area contributed by atoms with Crippen molar-refractivity contribution in [1.29, 1.82) is 0 Å². The smallest absolute Gasteiger partial charge is 0.193 e. The molecule has 1 heterocycles. The van der Waals surface area contributed by atoms with E-state index >= 15 is 0 Å². The van der Waals surface area contributed by atoms with Crippen LogP contribution in [0, 0.1) is 0 Å². The summed E-state index contributed by atoms with van der Waals surface area (Å²) in [6, 6.07) is 18.8. The van der Waals surface area contributed by atoms with E-state index in [0.29, 0.717) is 12.5 Å². The number of ether oxygens (including phenoxy) is 1. The molecule has 0 saturated carbocycles. The summed E-state index contributed by atoms with van der Waals surface area (Å²) in [6.45, 7) is 2.75. The lowest BCUT2D eigenvalue weighted by Crippen LogP contribution is -2.39. The van der Waals surface area contributed by atoms with Gasteiger partial charge in [0.25, 0.3) is 0 Å². The van der Waals surface area contributed by atoms with E-state index in [1.165, 1.54) is 12.0 Å². The Morgan fingerprint density at radius 2 is 1.92 bits per heavy atom. The van der Waals surface area contributed by atoms with Crippen molar-refractivity contribution in [1.82, 2.24) is 10.2 Å². The number of nitrogens with one attached hydrogen (secondary N) is 1. The summed E-state index contributed by atoms with van der Waals surface area (Å²) in [5.74, 6) is 2.44. The Bertz CT molecular complexity index is 684. The molecule has 1 aliphatic rings. The second-order valence-corrected chi connectivity index (χ2v) is 6.05. The Balaban J connectivity index is 1.61. The van der Waals surface area contributed by atoms with E-state index in [0.717, 1.165) is 30.4 Å². The Kier molecular flexibility index (Phi) is 5.36. The molecule has 3 rings (SSSR count). The minimum Gasteiger partial charge on any atom is -0.496 e. The van der Waals surface area contributed by atoms with Gasteiger partial charge >= 0.3 is 0 Å². The zero-order valence-electron chi connectivity index (χ0n) is 14.4. The number of hydrogen-bond acceptors (Lipinski definition) is 2. The van der Waals surface area contributed by atoms with Gasteiger partial charge in [0.1, 0.15) is 5.75 Å². The van der Waals surface area contributed by atoms with Crippen molar-refractivity contribution in [3.8, 4) is 5.75 Å². The fourth-order valence-electron chi connectivity index (χ4n) is 3.31. The molecular weight excluding hydrogens is 298 g/mol. The number of hydrogen-bond donors (Lipinski definition) is 1. The summed E-state index contributed by atoms with van der Waals surface area (Å²) in [7, 11) is 3.55. The second kappa shape index (κ2) is 7.86. The molecule has 1 N–H and O–H groups in total. The van der Waals surface area contributed by atoms with E-state index in [1.807, 2.05) is 25.2 Å². The van der Waals surface area contributed by atoms with Crippen LogP contribution in [-0.2, 0) is 6.54 Å². The summed E-state index contributed by atoms with van der Waals surface area (Å²) in [6.07, 6.45) is 1.17. The first-order valence-electron chi connectivity index (χ1n) is 8.44. The van der Waals surface area contributed by atoms with Gasteiger partial charge in [0.05, 0.1) is 7.11 Å². The summed E-state index contributed by atoms with van der Waals surface area (Å²) >= 11 is 0. The molecule has 0 spiro atoms. The van der Waals surface area contributed by atoms with Crippen LogP contribution in [0.1, 0.15) is 23.5 Å².